The zero-order chi connectivity index (χ0) is 14.7. The maximum Gasteiger partial charge on any atom is 0.339 e. The van der Waals surface area contributed by atoms with Crippen molar-refractivity contribution in [2.75, 3.05) is 24.6 Å². The number of aromatic carboxylic acids is 1. The van der Waals surface area contributed by atoms with Crippen molar-refractivity contribution in [1.29, 1.82) is 0 Å². The van der Waals surface area contributed by atoms with Crippen molar-refractivity contribution in [2.45, 2.75) is 19.4 Å². The molecule has 1 N–H and O–H groups in total. The number of nitrogens with zero attached hydrogens (tertiary/aromatic N) is 3. The number of carbonyl (C=O) groups is 1. The van der Waals surface area contributed by atoms with E-state index in [0.29, 0.717) is 19.7 Å². The van der Waals surface area contributed by atoms with Crippen molar-refractivity contribution >= 4 is 17.5 Å². The Balaban J connectivity index is 2.35. The quantitative estimate of drug-likeness (QED) is 0.654. The molecule has 0 bridgehead atoms. The van der Waals surface area contributed by atoms with Gasteiger partial charge < -0.3 is 14.7 Å². The molecule has 8 heteroatoms. The average Bonchev–Trinajstić information content (AvgIpc) is 2.46. The van der Waals surface area contributed by atoms with E-state index in [1.165, 1.54) is 0 Å². The summed E-state index contributed by atoms with van der Waals surface area (Å²) in [6, 6.07) is 1.04. The second kappa shape index (κ2) is 5.83. The summed E-state index contributed by atoms with van der Waals surface area (Å²) in [5, 5.41) is 19.9. The molecule has 1 aliphatic heterocycles. The minimum absolute atomic E-state index is 0.0161. The van der Waals surface area contributed by atoms with Gasteiger partial charge in [-0.1, -0.05) is 6.92 Å². The fourth-order valence-corrected chi connectivity index (χ4v) is 2.11. The Labute approximate surface area is 115 Å². The van der Waals surface area contributed by atoms with E-state index in [4.69, 9.17) is 4.74 Å². The predicted octanol–water partition coefficient (Wildman–Crippen LogP) is 1.30. The number of ether oxygens (including phenoxy) is 1. The molecule has 1 saturated heterocycles. The molecule has 0 saturated carbocycles. The molecule has 108 valence electrons. The molecule has 1 aromatic rings. The van der Waals surface area contributed by atoms with Crippen LogP contribution in [0.2, 0.25) is 0 Å². The summed E-state index contributed by atoms with van der Waals surface area (Å²) in [4.78, 5) is 27.1. The molecule has 1 aromatic heterocycles. The summed E-state index contributed by atoms with van der Waals surface area (Å²) in [6.45, 7) is 3.51. The number of hydrogen-bond donors (Lipinski definition) is 1. The van der Waals surface area contributed by atoms with E-state index in [2.05, 4.69) is 4.98 Å². The summed E-state index contributed by atoms with van der Waals surface area (Å²) in [7, 11) is 0. The third-order valence-corrected chi connectivity index (χ3v) is 3.19. The lowest BCUT2D eigenvalue weighted by molar-refractivity contribution is -0.385. The highest BCUT2D eigenvalue weighted by Gasteiger charge is 2.26. The first kappa shape index (κ1) is 14.2. The Morgan fingerprint density at radius 2 is 2.45 bits per heavy atom. The lowest BCUT2D eigenvalue weighted by atomic mass is 10.2. The van der Waals surface area contributed by atoms with Crippen molar-refractivity contribution in [1.82, 2.24) is 4.98 Å². The Kier molecular flexibility index (Phi) is 4.14. The molecule has 2 rings (SSSR count). The highest BCUT2D eigenvalue weighted by atomic mass is 16.6. The van der Waals surface area contributed by atoms with Crippen LogP contribution in [0.5, 0.6) is 0 Å². The van der Waals surface area contributed by atoms with E-state index in [9.17, 15) is 20.0 Å². The number of hydrogen-bond acceptors (Lipinski definition) is 6. The monoisotopic (exact) mass is 281 g/mol. The van der Waals surface area contributed by atoms with Crippen LogP contribution in [-0.2, 0) is 4.74 Å². The zero-order valence-electron chi connectivity index (χ0n) is 11.0. The Bertz CT molecular complexity index is 534. The number of nitro groups is 1. The second-order valence-electron chi connectivity index (χ2n) is 4.47. The van der Waals surface area contributed by atoms with Crippen LogP contribution in [-0.4, -0.2) is 46.8 Å². The Morgan fingerprint density at radius 1 is 1.70 bits per heavy atom. The summed E-state index contributed by atoms with van der Waals surface area (Å²) >= 11 is 0. The van der Waals surface area contributed by atoms with E-state index in [-0.39, 0.29) is 23.2 Å². The third-order valence-electron chi connectivity index (χ3n) is 3.19. The highest BCUT2D eigenvalue weighted by molar-refractivity contribution is 5.94. The van der Waals surface area contributed by atoms with E-state index >= 15 is 0 Å². The minimum atomic E-state index is -1.23. The molecule has 0 aliphatic carbocycles. The fraction of sp³-hybridized carbons (Fsp3) is 0.500. The van der Waals surface area contributed by atoms with Gasteiger partial charge in [0.05, 0.1) is 17.6 Å². The van der Waals surface area contributed by atoms with Crippen LogP contribution in [0.25, 0.3) is 0 Å². The van der Waals surface area contributed by atoms with Gasteiger partial charge in [-0.2, -0.15) is 0 Å². The standard InChI is InChI=1S/C12H15N3O5/c1-2-9-7-14(3-4-20-9)11-10(12(16)17)5-8(6-13-11)15(18)19/h5-6,9H,2-4,7H2,1H3,(H,16,17). The van der Waals surface area contributed by atoms with Crippen LogP contribution in [0.15, 0.2) is 12.3 Å². The maximum absolute atomic E-state index is 11.3. The summed E-state index contributed by atoms with van der Waals surface area (Å²) < 4.78 is 5.52. The molecule has 8 nitrogen and oxygen atoms in total. The van der Waals surface area contributed by atoms with Crippen molar-refractivity contribution in [3.05, 3.63) is 27.9 Å². The van der Waals surface area contributed by atoms with Gasteiger partial charge in [-0.3, -0.25) is 10.1 Å². The maximum atomic E-state index is 11.3. The van der Waals surface area contributed by atoms with Crippen LogP contribution < -0.4 is 4.90 Å². The molecule has 2 heterocycles. The van der Waals surface area contributed by atoms with Crippen LogP contribution in [0.3, 0.4) is 0 Å². The van der Waals surface area contributed by atoms with Gasteiger partial charge in [-0.05, 0) is 6.42 Å². The lowest BCUT2D eigenvalue weighted by Crippen LogP contribution is -2.43. The van der Waals surface area contributed by atoms with E-state index in [1.807, 2.05) is 6.92 Å². The van der Waals surface area contributed by atoms with Gasteiger partial charge in [0, 0.05) is 19.2 Å². The van der Waals surface area contributed by atoms with Gasteiger partial charge in [-0.25, -0.2) is 9.78 Å². The number of carboxylic acid groups (broad SMARTS) is 1. The molecule has 0 spiro atoms. The van der Waals surface area contributed by atoms with Gasteiger partial charge >= 0.3 is 5.97 Å². The van der Waals surface area contributed by atoms with Gasteiger partial charge in [-0.15, -0.1) is 0 Å². The van der Waals surface area contributed by atoms with Crippen molar-refractivity contribution in [3.8, 4) is 0 Å². The SMILES string of the molecule is CCC1CN(c2ncc([N+](=O)[O-])cc2C(=O)O)CCO1. The second-order valence-corrected chi connectivity index (χ2v) is 4.47. The van der Waals surface area contributed by atoms with Gasteiger partial charge in [0.25, 0.3) is 5.69 Å². The van der Waals surface area contributed by atoms with Crippen LogP contribution in [0, 0.1) is 10.1 Å². The first-order valence-electron chi connectivity index (χ1n) is 6.27. The van der Waals surface area contributed by atoms with E-state index < -0.39 is 10.9 Å². The van der Waals surface area contributed by atoms with Crippen LogP contribution in [0.4, 0.5) is 11.5 Å². The molecule has 1 aliphatic rings. The van der Waals surface area contributed by atoms with E-state index in [0.717, 1.165) is 18.7 Å². The Morgan fingerprint density at radius 3 is 3.05 bits per heavy atom. The molecule has 20 heavy (non-hydrogen) atoms. The topological polar surface area (TPSA) is 106 Å². The average molecular weight is 281 g/mol. The third kappa shape index (κ3) is 2.85. The fourth-order valence-electron chi connectivity index (χ4n) is 2.11. The number of anilines is 1. The number of aromatic nitrogens is 1. The van der Waals surface area contributed by atoms with Gasteiger partial charge in [0.2, 0.25) is 0 Å². The number of morpholine rings is 1. The van der Waals surface area contributed by atoms with Crippen molar-refractivity contribution < 1.29 is 19.6 Å². The zero-order valence-corrected chi connectivity index (χ0v) is 11.0. The molecule has 1 fully saturated rings. The molecular formula is C12H15N3O5. The highest BCUT2D eigenvalue weighted by Crippen LogP contribution is 2.24. The molecule has 1 unspecified atom stereocenters. The summed E-state index contributed by atoms with van der Waals surface area (Å²) in [6.07, 6.45) is 1.91. The predicted molar refractivity (Wildman–Crippen MR) is 70.1 cm³/mol. The lowest BCUT2D eigenvalue weighted by Gasteiger charge is -2.33. The molecule has 0 amide bonds. The number of rotatable bonds is 4. The summed E-state index contributed by atoms with van der Waals surface area (Å²) in [5.74, 6) is -0.972. The van der Waals surface area contributed by atoms with Crippen molar-refractivity contribution in [2.24, 2.45) is 0 Å². The molecular weight excluding hydrogens is 266 g/mol. The normalized spacial score (nSPS) is 18.9. The van der Waals surface area contributed by atoms with Gasteiger partial charge in [0.1, 0.15) is 17.6 Å². The molecule has 0 radical (unpaired) electrons. The first-order chi connectivity index (χ1) is 9.52. The van der Waals surface area contributed by atoms with E-state index in [1.54, 1.807) is 4.90 Å². The number of carboxylic acids is 1. The van der Waals surface area contributed by atoms with Crippen LogP contribution >= 0.6 is 0 Å². The van der Waals surface area contributed by atoms with Crippen LogP contribution in [0.1, 0.15) is 23.7 Å². The first-order valence-corrected chi connectivity index (χ1v) is 6.27. The minimum Gasteiger partial charge on any atom is -0.478 e. The Hall–Kier alpha value is -2.22. The smallest absolute Gasteiger partial charge is 0.339 e. The summed E-state index contributed by atoms with van der Waals surface area (Å²) in [5.41, 5.74) is -0.484. The number of pyridine rings is 1. The van der Waals surface area contributed by atoms with Gasteiger partial charge in [0.15, 0.2) is 0 Å². The molecule has 1 atom stereocenters. The molecule has 0 aromatic carbocycles. The van der Waals surface area contributed by atoms with Crippen molar-refractivity contribution in [3.63, 3.8) is 0 Å². The largest absolute Gasteiger partial charge is 0.478 e.